The monoisotopic (exact) mass is 338 g/mol. The van der Waals surface area contributed by atoms with Crippen LogP contribution in [-0.4, -0.2) is 36.9 Å². The molecule has 1 aliphatic heterocycles. The largest absolute Gasteiger partial charge is 0.359 e. The molecule has 0 unspecified atom stereocenters. The molecule has 6 nitrogen and oxygen atoms in total. The van der Waals surface area contributed by atoms with E-state index < -0.39 is 0 Å². The van der Waals surface area contributed by atoms with E-state index in [4.69, 9.17) is 0 Å². The van der Waals surface area contributed by atoms with Crippen LogP contribution in [0.1, 0.15) is 28.8 Å². The Morgan fingerprint density at radius 1 is 1.12 bits per heavy atom. The molecule has 1 aliphatic rings. The van der Waals surface area contributed by atoms with Crippen molar-refractivity contribution in [2.75, 3.05) is 30.4 Å². The van der Waals surface area contributed by atoms with E-state index in [-0.39, 0.29) is 18.2 Å². The number of hydrogen-bond acceptors (Lipinski definition) is 4. The van der Waals surface area contributed by atoms with E-state index in [0.717, 1.165) is 24.5 Å². The number of hydrogen-bond donors (Lipinski definition) is 2. The minimum atomic E-state index is -0.232. The van der Waals surface area contributed by atoms with Gasteiger partial charge in [0.25, 0.3) is 5.91 Å². The van der Waals surface area contributed by atoms with E-state index in [0.29, 0.717) is 11.3 Å². The molecule has 0 aliphatic carbocycles. The van der Waals surface area contributed by atoms with E-state index in [1.807, 2.05) is 24.3 Å². The van der Waals surface area contributed by atoms with Crippen LogP contribution in [0.3, 0.4) is 0 Å². The molecule has 1 aromatic heterocycles. The van der Waals surface area contributed by atoms with E-state index in [1.165, 1.54) is 12.8 Å². The molecule has 2 N–H and O–H groups in total. The van der Waals surface area contributed by atoms with Crippen LogP contribution >= 0.6 is 0 Å². The maximum atomic E-state index is 12.5. The number of carbonyl (C=O) groups is 2. The zero-order chi connectivity index (χ0) is 17.6. The number of likely N-dealkylation sites (N-methyl/N-ethyl adjacent to an activating group) is 1. The zero-order valence-electron chi connectivity index (χ0n) is 14.3. The molecule has 130 valence electrons. The lowest BCUT2D eigenvalue weighted by Crippen LogP contribution is -2.22. The van der Waals surface area contributed by atoms with Crippen LogP contribution < -0.4 is 15.5 Å². The number of aromatic nitrogens is 1. The Morgan fingerprint density at radius 3 is 2.56 bits per heavy atom. The second kappa shape index (κ2) is 7.79. The van der Waals surface area contributed by atoms with Gasteiger partial charge < -0.3 is 15.5 Å². The van der Waals surface area contributed by atoms with Crippen LogP contribution in [0.2, 0.25) is 0 Å². The highest BCUT2D eigenvalue weighted by Crippen LogP contribution is 2.19. The van der Waals surface area contributed by atoms with Crippen LogP contribution in [0, 0.1) is 0 Å². The molecule has 0 saturated carbocycles. The van der Waals surface area contributed by atoms with Crippen molar-refractivity contribution in [3.05, 3.63) is 53.7 Å². The van der Waals surface area contributed by atoms with E-state index >= 15 is 0 Å². The average molecular weight is 338 g/mol. The van der Waals surface area contributed by atoms with Crippen LogP contribution in [-0.2, 0) is 11.2 Å². The Kier molecular flexibility index (Phi) is 5.28. The molecule has 1 saturated heterocycles. The summed E-state index contributed by atoms with van der Waals surface area (Å²) in [5.74, 6) is 0.581. The number of pyridine rings is 1. The van der Waals surface area contributed by atoms with Crippen molar-refractivity contribution in [3.8, 4) is 0 Å². The topological polar surface area (TPSA) is 74.3 Å². The molecule has 1 fully saturated rings. The fraction of sp³-hybridized carbons (Fsp3) is 0.316. The number of para-hydroxylation sites is 1. The molecule has 25 heavy (non-hydrogen) atoms. The smallest absolute Gasteiger partial charge is 0.257 e. The third-order valence-electron chi connectivity index (χ3n) is 4.34. The van der Waals surface area contributed by atoms with E-state index in [2.05, 4.69) is 20.5 Å². The summed E-state index contributed by atoms with van der Waals surface area (Å²) in [7, 11) is 1.59. The van der Waals surface area contributed by atoms with Crippen molar-refractivity contribution < 1.29 is 9.59 Å². The van der Waals surface area contributed by atoms with Gasteiger partial charge in [0.2, 0.25) is 5.91 Å². The lowest BCUT2D eigenvalue weighted by Gasteiger charge is -2.16. The lowest BCUT2D eigenvalue weighted by molar-refractivity contribution is -0.119. The van der Waals surface area contributed by atoms with Gasteiger partial charge in [-0.15, -0.1) is 0 Å². The van der Waals surface area contributed by atoms with Gasteiger partial charge in [-0.1, -0.05) is 18.2 Å². The highest BCUT2D eigenvalue weighted by molar-refractivity contribution is 6.04. The average Bonchev–Trinajstić information content (AvgIpc) is 3.18. The summed E-state index contributed by atoms with van der Waals surface area (Å²) in [6, 6.07) is 11.0. The predicted octanol–water partition coefficient (Wildman–Crippen LogP) is 2.22. The summed E-state index contributed by atoms with van der Waals surface area (Å²) in [6.07, 6.45) is 4.20. The number of benzene rings is 1. The lowest BCUT2D eigenvalue weighted by atomic mass is 10.1. The van der Waals surface area contributed by atoms with Gasteiger partial charge in [0.1, 0.15) is 5.82 Å². The van der Waals surface area contributed by atoms with E-state index in [9.17, 15) is 9.59 Å². The first-order valence-electron chi connectivity index (χ1n) is 8.48. The molecular weight excluding hydrogens is 316 g/mol. The van der Waals surface area contributed by atoms with Crippen LogP contribution in [0.4, 0.5) is 11.5 Å². The van der Waals surface area contributed by atoms with Crippen LogP contribution in [0.15, 0.2) is 42.6 Å². The quantitative estimate of drug-likeness (QED) is 0.877. The molecule has 6 heteroatoms. The van der Waals surface area contributed by atoms with Crippen molar-refractivity contribution >= 4 is 23.3 Å². The summed E-state index contributed by atoms with van der Waals surface area (Å²) in [4.78, 5) is 30.7. The molecule has 2 amide bonds. The molecular formula is C19H22N4O2. The zero-order valence-corrected chi connectivity index (χ0v) is 14.3. The fourth-order valence-corrected chi connectivity index (χ4v) is 2.91. The van der Waals surface area contributed by atoms with Crippen molar-refractivity contribution in [2.24, 2.45) is 0 Å². The number of amides is 2. The van der Waals surface area contributed by atoms with Gasteiger partial charge in [-0.25, -0.2) is 4.98 Å². The van der Waals surface area contributed by atoms with Gasteiger partial charge in [0, 0.05) is 32.0 Å². The first-order chi connectivity index (χ1) is 12.2. The third-order valence-corrected chi connectivity index (χ3v) is 4.34. The standard InChI is InChI=1S/C19H22N4O2/c1-20-18(24)12-14-6-2-3-7-16(14)22-19(25)15-8-9-17(21-13-15)23-10-4-5-11-23/h2-3,6-9,13H,4-5,10-12H2,1H3,(H,20,24)(H,22,25). The maximum absolute atomic E-state index is 12.5. The summed E-state index contributed by atoms with van der Waals surface area (Å²) in [5.41, 5.74) is 1.91. The normalized spacial score (nSPS) is 13.6. The Hall–Kier alpha value is -2.89. The fourth-order valence-electron chi connectivity index (χ4n) is 2.91. The van der Waals surface area contributed by atoms with Gasteiger partial charge >= 0.3 is 0 Å². The molecule has 0 spiro atoms. The predicted molar refractivity (Wildman–Crippen MR) is 97.8 cm³/mol. The van der Waals surface area contributed by atoms with Gasteiger partial charge in [-0.3, -0.25) is 9.59 Å². The summed E-state index contributed by atoms with van der Waals surface area (Å²) >= 11 is 0. The Bertz CT molecular complexity index is 752. The van der Waals surface area contributed by atoms with Crippen molar-refractivity contribution in [1.82, 2.24) is 10.3 Å². The Morgan fingerprint density at radius 2 is 1.88 bits per heavy atom. The van der Waals surface area contributed by atoms with Crippen molar-refractivity contribution in [3.63, 3.8) is 0 Å². The van der Waals surface area contributed by atoms with Crippen molar-refractivity contribution in [1.29, 1.82) is 0 Å². The second-order valence-electron chi connectivity index (χ2n) is 6.06. The second-order valence-corrected chi connectivity index (χ2v) is 6.06. The van der Waals surface area contributed by atoms with Gasteiger partial charge in [-0.05, 0) is 36.6 Å². The van der Waals surface area contributed by atoms with Crippen molar-refractivity contribution in [2.45, 2.75) is 19.3 Å². The molecule has 1 aromatic carbocycles. The van der Waals surface area contributed by atoms with Gasteiger partial charge in [0.15, 0.2) is 0 Å². The summed E-state index contributed by atoms with van der Waals surface area (Å²) in [5, 5.41) is 5.47. The van der Waals surface area contributed by atoms with Gasteiger partial charge in [0.05, 0.1) is 12.0 Å². The number of rotatable bonds is 5. The maximum Gasteiger partial charge on any atom is 0.257 e. The Balaban J connectivity index is 1.71. The minimum absolute atomic E-state index is 0.0988. The first kappa shape index (κ1) is 17.0. The number of carbonyl (C=O) groups excluding carboxylic acids is 2. The third kappa shape index (κ3) is 4.15. The molecule has 0 radical (unpaired) electrons. The molecule has 0 atom stereocenters. The van der Waals surface area contributed by atoms with Gasteiger partial charge in [-0.2, -0.15) is 0 Å². The summed E-state index contributed by atoms with van der Waals surface area (Å²) in [6.45, 7) is 2.04. The molecule has 2 heterocycles. The molecule has 2 aromatic rings. The highest BCUT2D eigenvalue weighted by Gasteiger charge is 2.15. The minimum Gasteiger partial charge on any atom is -0.359 e. The Labute approximate surface area is 147 Å². The number of anilines is 2. The van der Waals surface area contributed by atoms with Crippen LogP contribution in [0.5, 0.6) is 0 Å². The van der Waals surface area contributed by atoms with Crippen LogP contribution in [0.25, 0.3) is 0 Å². The number of nitrogens with one attached hydrogen (secondary N) is 2. The molecule has 0 bridgehead atoms. The molecule has 3 rings (SSSR count). The number of nitrogens with zero attached hydrogens (tertiary/aromatic N) is 2. The van der Waals surface area contributed by atoms with E-state index in [1.54, 1.807) is 25.4 Å². The first-order valence-corrected chi connectivity index (χ1v) is 8.48. The SMILES string of the molecule is CNC(=O)Cc1ccccc1NC(=O)c1ccc(N2CCCC2)nc1. The summed E-state index contributed by atoms with van der Waals surface area (Å²) < 4.78 is 0. The highest BCUT2D eigenvalue weighted by atomic mass is 16.2.